The van der Waals surface area contributed by atoms with Crippen molar-refractivity contribution in [1.82, 2.24) is 10.2 Å². The minimum absolute atomic E-state index is 0.0764. The van der Waals surface area contributed by atoms with Crippen molar-refractivity contribution in [3.63, 3.8) is 0 Å². The molecule has 108 valence electrons. The second-order valence-corrected chi connectivity index (χ2v) is 6.60. The lowest BCUT2D eigenvalue weighted by atomic mass is 9.84. The van der Waals surface area contributed by atoms with Crippen LogP contribution in [-0.4, -0.2) is 41.1 Å². The minimum atomic E-state index is -0.114. The third kappa shape index (κ3) is 1.90. The number of hydrogen-bond donors (Lipinski definition) is 2. The third-order valence-corrected chi connectivity index (χ3v) is 5.05. The van der Waals surface area contributed by atoms with Crippen LogP contribution in [0.15, 0.2) is 18.2 Å². The summed E-state index contributed by atoms with van der Waals surface area (Å²) in [5, 5.41) is 13.0. The van der Waals surface area contributed by atoms with E-state index >= 15 is 0 Å². The van der Waals surface area contributed by atoms with Crippen LogP contribution in [0, 0.1) is 18.8 Å². The van der Waals surface area contributed by atoms with Gasteiger partial charge < -0.3 is 15.3 Å². The Labute approximate surface area is 119 Å². The zero-order valence-electron chi connectivity index (χ0n) is 12.3. The van der Waals surface area contributed by atoms with Gasteiger partial charge in [-0.25, -0.2) is 0 Å². The van der Waals surface area contributed by atoms with Crippen LogP contribution in [0.5, 0.6) is 5.75 Å². The topological polar surface area (TPSA) is 52.6 Å². The molecule has 0 aromatic heterocycles. The summed E-state index contributed by atoms with van der Waals surface area (Å²) in [5.41, 5.74) is 1.30. The van der Waals surface area contributed by atoms with Gasteiger partial charge in [0.15, 0.2) is 0 Å². The van der Waals surface area contributed by atoms with Gasteiger partial charge in [0, 0.05) is 30.7 Å². The van der Waals surface area contributed by atoms with E-state index in [1.807, 2.05) is 11.8 Å². The van der Waals surface area contributed by atoms with Crippen LogP contribution in [0.3, 0.4) is 0 Å². The van der Waals surface area contributed by atoms with Crippen molar-refractivity contribution in [2.24, 2.45) is 11.8 Å². The SMILES string of the molecule is Cc1cc(C(=O)N2CC3CNCC3C2(C)C)ccc1O. The molecule has 2 unspecified atom stereocenters. The Bertz CT molecular complexity index is 553. The maximum Gasteiger partial charge on any atom is 0.254 e. The molecule has 2 atom stereocenters. The number of benzene rings is 1. The van der Waals surface area contributed by atoms with Gasteiger partial charge in [0.05, 0.1) is 0 Å². The molecular formula is C16H22N2O2. The van der Waals surface area contributed by atoms with Crippen LogP contribution >= 0.6 is 0 Å². The predicted molar refractivity (Wildman–Crippen MR) is 77.8 cm³/mol. The minimum Gasteiger partial charge on any atom is -0.508 e. The molecule has 4 nitrogen and oxygen atoms in total. The van der Waals surface area contributed by atoms with E-state index in [0.717, 1.165) is 25.2 Å². The smallest absolute Gasteiger partial charge is 0.254 e. The first kappa shape index (κ1) is 13.4. The molecule has 4 heteroatoms. The fourth-order valence-electron chi connectivity index (χ4n) is 3.71. The van der Waals surface area contributed by atoms with E-state index in [1.54, 1.807) is 18.2 Å². The van der Waals surface area contributed by atoms with Crippen molar-refractivity contribution in [2.45, 2.75) is 26.3 Å². The Morgan fingerprint density at radius 2 is 2.15 bits per heavy atom. The molecule has 1 aromatic carbocycles. The zero-order valence-corrected chi connectivity index (χ0v) is 12.3. The van der Waals surface area contributed by atoms with E-state index in [0.29, 0.717) is 17.4 Å². The number of likely N-dealkylation sites (tertiary alicyclic amines) is 1. The van der Waals surface area contributed by atoms with Crippen LogP contribution in [-0.2, 0) is 0 Å². The molecule has 2 N–H and O–H groups in total. The number of nitrogens with one attached hydrogen (secondary N) is 1. The molecule has 2 fully saturated rings. The first-order valence-electron chi connectivity index (χ1n) is 7.23. The number of carbonyl (C=O) groups excluding carboxylic acids is 1. The zero-order chi connectivity index (χ0) is 14.5. The summed E-state index contributed by atoms with van der Waals surface area (Å²) in [4.78, 5) is 14.8. The largest absolute Gasteiger partial charge is 0.508 e. The van der Waals surface area contributed by atoms with Crippen LogP contribution in [0.25, 0.3) is 0 Å². The first-order chi connectivity index (χ1) is 9.41. The molecule has 0 saturated carbocycles. The highest BCUT2D eigenvalue weighted by Gasteiger charge is 2.51. The lowest BCUT2D eigenvalue weighted by Crippen LogP contribution is -2.47. The molecule has 0 bridgehead atoms. The summed E-state index contributed by atoms with van der Waals surface area (Å²) in [7, 11) is 0. The molecule has 3 rings (SSSR count). The highest BCUT2D eigenvalue weighted by Crippen LogP contribution is 2.41. The number of aromatic hydroxyl groups is 1. The summed E-state index contributed by atoms with van der Waals surface area (Å²) in [6.45, 7) is 8.97. The van der Waals surface area contributed by atoms with Crippen LogP contribution in [0.2, 0.25) is 0 Å². The van der Waals surface area contributed by atoms with Gasteiger partial charge in [-0.2, -0.15) is 0 Å². The third-order valence-electron chi connectivity index (χ3n) is 5.05. The van der Waals surface area contributed by atoms with Crippen molar-refractivity contribution in [1.29, 1.82) is 0 Å². The molecule has 2 aliphatic heterocycles. The van der Waals surface area contributed by atoms with Crippen LogP contribution < -0.4 is 5.32 Å². The average molecular weight is 274 g/mol. The maximum absolute atomic E-state index is 12.8. The molecule has 20 heavy (non-hydrogen) atoms. The Morgan fingerprint density at radius 3 is 2.80 bits per heavy atom. The van der Waals surface area contributed by atoms with Crippen molar-refractivity contribution in [2.75, 3.05) is 19.6 Å². The Kier molecular flexibility index (Phi) is 3.01. The van der Waals surface area contributed by atoms with E-state index in [9.17, 15) is 9.90 Å². The fourth-order valence-corrected chi connectivity index (χ4v) is 3.71. The van der Waals surface area contributed by atoms with Gasteiger partial charge in [-0.3, -0.25) is 4.79 Å². The summed E-state index contributed by atoms with van der Waals surface area (Å²) < 4.78 is 0. The molecule has 1 aromatic rings. The molecule has 2 aliphatic rings. The van der Waals surface area contributed by atoms with Gasteiger partial charge in [-0.05, 0) is 56.4 Å². The standard InChI is InChI=1S/C16H22N2O2/c1-10-6-11(4-5-14(10)19)15(20)18-9-12-7-17-8-13(12)16(18,2)3/h4-6,12-13,17,19H,7-9H2,1-3H3. The van der Waals surface area contributed by atoms with E-state index in [4.69, 9.17) is 0 Å². The molecular weight excluding hydrogens is 252 g/mol. The monoisotopic (exact) mass is 274 g/mol. The lowest BCUT2D eigenvalue weighted by molar-refractivity contribution is 0.0603. The van der Waals surface area contributed by atoms with Gasteiger partial charge in [0.25, 0.3) is 5.91 Å². The number of amides is 1. The molecule has 0 spiro atoms. The maximum atomic E-state index is 12.8. The number of nitrogens with zero attached hydrogens (tertiary/aromatic N) is 1. The Morgan fingerprint density at radius 1 is 1.40 bits per heavy atom. The quantitative estimate of drug-likeness (QED) is 0.820. The van der Waals surface area contributed by atoms with Crippen molar-refractivity contribution < 1.29 is 9.90 Å². The summed E-state index contributed by atoms with van der Waals surface area (Å²) in [6, 6.07) is 5.10. The van der Waals surface area contributed by atoms with E-state index < -0.39 is 0 Å². The van der Waals surface area contributed by atoms with Crippen molar-refractivity contribution >= 4 is 5.91 Å². The molecule has 1 amide bonds. The van der Waals surface area contributed by atoms with Gasteiger partial charge >= 0.3 is 0 Å². The molecule has 0 aliphatic carbocycles. The average Bonchev–Trinajstić information content (AvgIpc) is 2.95. The number of aryl methyl sites for hydroxylation is 1. The Balaban J connectivity index is 1.89. The van der Waals surface area contributed by atoms with E-state index in [1.165, 1.54) is 0 Å². The molecule has 2 saturated heterocycles. The predicted octanol–water partition coefficient (Wildman–Crippen LogP) is 1.77. The van der Waals surface area contributed by atoms with E-state index in [2.05, 4.69) is 19.2 Å². The summed E-state index contributed by atoms with van der Waals surface area (Å²) >= 11 is 0. The van der Waals surface area contributed by atoms with Gasteiger partial charge in [-0.15, -0.1) is 0 Å². The van der Waals surface area contributed by atoms with Crippen molar-refractivity contribution in [3.05, 3.63) is 29.3 Å². The second-order valence-electron chi connectivity index (χ2n) is 6.60. The van der Waals surface area contributed by atoms with Crippen molar-refractivity contribution in [3.8, 4) is 5.75 Å². The number of rotatable bonds is 1. The second kappa shape index (κ2) is 4.48. The fraction of sp³-hybridized carbons (Fsp3) is 0.562. The number of fused-ring (bicyclic) bond motifs is 1. The van der Waals surface area contributed by atoms with Crippen LogP contribution in [0.1, 0.15) is 29.8 Å². The van der Waals surface area contributed by atoms with Crippen LogP contribution in [0.4, 0.5) is 0 Å². The number of carbonyl (C=O) groups is 1. The molecule has 2 heterocycles. The van der Waals surface area contributed by atoms with Gasteiger partial charge in [0.1, 0.15) is 5.75 Å². The van der Waals surface area contributed by atoms with E-state index in [-0.39, 0.29) is 17.2 Å². The number of hydrogen-bond acceptors (Lipinski definition) is 3. The first-order valence-corrected chi connectivity index (χ1v) is 7.23. The summed E-state index contributed by atoms with van der Waals surface area (Å²) in [6.07, 6.45) is 0. The normalized spacial score (nSPS) is 27.6. The van der Waals surface area contributed by atoms with Gasteiger partial charge in [0.2, 0.25) is 0 Å². The number of phenols is 1. The molecule has 0 radical (unpaired) electrons. The summed E-state index contributed by atoms with van der Waals surface area (Å²) in [5.74, 6) is 1.41. The highest BCUT2D eigenvalue weighted by atomic mass is 16.3. The lowest BCUT2D eigenvalue weighted by Gasteiger charge is -2.35. The highest BCUT2D eigenvalue weighted by molar-refractivity contribution is 5.95. The number of phenolic OH excluding ortho intramolecular Hbond substituents is 1. The van der Waals surface area contributed by atoms with Gasteiger partial charge in [-0.1, -0.05) is 0 Å². The Hall–Kier alpha value is -1.55.